The molecule has 31 heavy (non-hydrogen) atoms. The number of aromatic amines is 1. The molecule has 9 heteroatoms. The van der Waals surface area contributed by atoms with E-state index in [1.54, 1.807) is 41.3 Å². The molecule has 1 aliphatic heterocycles. The van der Waals surface area contributed by atoms with E-state index in [4.69, 9.17) is 11.6 Å². The van der Waals surface area contributed by atoms with Gasteiger partial charge < -0.3 is 14.8 Å². The Bertz CT molecular complexity index is 1130. The highest BCUT2D eigenvalue weighted by molar-refractivity contribution is 6.30. The molecule has 3 aromatic rings. The van der Waals surface area contributed by atoms with Crippen LogP contribution in [0.2, 0.25) is 5.02 Å². The maximum absolute atomic E-state index is 13.1. The number of hydrogen-bond donors (Lipinski definition) is 1. The molecule has 0 atom stereocenters. The molecule has 0 bridgehead atoms. The Balaban J connectivity index is 1.32. The summed E-state index contributed by atoms with van der Waals surface area (Å²) in [5.74, 6) is 0.0367. The molecule has 4 rings (SSSR count). The number of H-pyrrole nitrogens is 1. The predicted octanol–water partition coefficient (Wildman–Crippen LogP) is 2.91. The number of nitrogens with one attached hydrogen (secondary N) is 1. The van der Waals surface area contributed by atoms with E-state index in [2.05, 4.69) is 20.1 Å². The number of anilines is 1. The summed E-state index contributed by atoms with van der Waals surface area (Å²) in [4.78, 5) is 31.5. The van der Waals surface area contributed by atoms with E-state index in [9.17, 15) is 14.0 Å². The van der Waals surface area contributed by atoms with Crippen LogP contribution in [0.1, 0.15) is 12.1 Å². The van der Waals surface area contributed by atoms with Crippen LogP contribution in [0.4, 0.5) is 10.1 Å². The summed E-state index contributed by atoms with van der Waals surface area (Å²) in [5, 5.41) is 8.62. The molecule has 1 amide bonds. The highest BCUT2D eigenvalue weighted by atomic mass is 35.5. The zero-order valence-electron chi connectivity index (χ0n) is 16.7. The van der Waals surface area contributed by atoms with Gasteiger partial charge in [-0.2, -0.15) is 0 Å². The van der Waals surface area contributed by atoms with Crippen LogP contribution < -0.4 is 10.5 Å². The van der Waals surface area contributed by atoms with Gasteiger partial charge in [0.2, 0.25) is 5.91 Å². The average Bonchev–Trinajstić information content (AvgIpc) is 2.78. The number of aryl methyl sites for hydroxylation is 1. The number of rotatable bonds is 5. The molecule has 1 aromatic heterocycles. The van der Waals surface area contributed by atoms with Crippen molar-refractivity contribution < 1.29 is 9.18 Å². The molecule has 0 saturated carbocycles. The molecule has 0 radical (unpaired) electrons. The number of amides is 1. The van der Waals surface area contributed by atoms with Crippen LogP contribution in [-0.2, 0) is 11.2 Å². The highest BCUT2D eigenvalue weighted by Gasteiger charge is 2.21. The average molecular weight is 442 g/mol. The van der Waals surface area contributed by atoms with E-state index >= 15 is 0 Å². The summed E-state index contributed by atoms with van der Waals surface area (Å²) >= 11 is 5.97. The zero-order valence-corrected chi connectivity index (χ0v) is 17.5. The van der Waals surface area contributed by atoms with Crippen LogP contribution >= 0.6 is 11.6 Å². The second-order valence-electron chi connectivity index (χ2n) is 7.30. The van der Waals surface area contributed by atoms with E-state index in [0.717, 1.165) is 5.69 Å². The van der Waals surface area contributed by atoms with Crippen LogP contribution in [0.3, 0.4) is 0 Å². The minimum atomic E-state index is -0.362. The standard InChI is InChI=1S/C22H21ClFN5O2/c23-16-3-1-2-15(14-16)21-25-22(31)19(26-27-21)8-9-20(30)29-12-10-28(11-13-29)18-6-4-17(24)5-7-18/h1-7,14H,8-13H2,(H,25,27,31). The fourth-order valence-corrected chi connectivity index (χ4v) is 3.73. The van der Waals surface area contributed by atoms with Crippen LogP contribution in [0.5, 0.6) is 0 Å². The first-order valence-electron chi connectivity index (χ1n) is 10.00. The van der Waals surface area contributed by atoms with Crippen molar-refractivity contribution in [1.29, 1.82) is 0 Å². The van der Waals surface area contributed by atoms with Gasteiger partial charge in [0.1, 0.15) is 11.5 Å². The summed E-state index contributed by atoms with van der Waals surface area (Å²) in [6.45, 7) is 2.50. The van der Waals surface area contributed by atoms with Gasteiger partial charge in [-0.3, -0.25) is 9.59 Å². The fraction of sp³-hybridized carbons (Fsp3) is 0.273. The molecule has 1 N–H and O–H groups in total. The van der Waals surface area contributed by atoms with E-state index in [-0.39, 0.29) is 35.8 Å². The lowest BCUT2D eigenvalue weighted by Crippen LogP contribution is -2.48. The minimum Gasteiger partial charge on any atom is -0.368 e. The normalized spacial score (nSPS) is 14.0. The van der Waals surface area contributed by atoms with Crippen molar-refractivity contribution in [2.24, 2.45) is 0 Å². The second-order valence-corrected chi connectivity index (χ2v) is 7.74. The molecule has 1 saturated heterocycles. The van der Waals surface area contributed by atoms with Gasteiger partial charge in [0, 0.05) is 55.3 Å². The summed E-state index contributed by atoms with van der Waals surface area (Å²) in [5.41, 5.74) is 1.47. The van der Waals surface area contributed by atoms with Gasteiger partial charge >= 0.3 is 0 Å². The highest BCUT2D eigenvalue weighted by Crippen LogP contribution is 2.19. The van der Waals surface area contributed by atoms with Crippen molar-refractivity contribution >= 4 is 23.2 Å². The Hall–Kier alpha value is -3.26. The van der Waals surface area contributed by atoms with E-state index in [0.29, 0.717) is 42.6 Å². The first-order valence-corrected chi connectivity index (χ1v) is 10.4. The van der Waals surface area contributed by atoms with E-state index in [1.165, 1.54) is 12.1 Å². The van der Waals surface area contributed by atoms with Gasteiger partial charge in [-0.25, -0.2) is 4.39 Å². The number of halogens is 2. The number of aromatic nitrogens is 3. The summed E-state index contributed by atoms with van der Waals surface area (Å²) in [7, 11) is 0. The minimum absolute atomic E-state index is 0.0288. The Morgan fingerprint density at radius 1 is 1.06 bits per heavy atom. The molecule has 2 aromatic carbocycles. The first kappa shape index (κ1) is 21.0. The second kappa shape index (κ2) is 9.26. The van der Waals surface area contributed by atoms with Gasteiger partial charge in [0.15, 0.2) is 5.82 Å². The third-order valence-electron chi connectivity index (χ3n) is 5.26. The third-order valence-corrected chi connectivity index (χ3v) is 5.50. The number of carbonyl (C=O) groups excluding carboxylic acids is 1. The smallest absolute Gasteiger partial charge is 0.273 e. The maximum Gasteiger partial charge on any atom is 0.273 e. The Labute approximate surface area is 183 Å². The number of piperazine rings is 1. The monoisotopic (exact) mass is 441 g/mol. The van der Waals surface area contributed by atoms with Gasteiger partial charge in [0.25, 0.3) is 5.56 Å². The summed E-state index contributed by atoms with van der Waals surface area (Å²) < 4.78 is 13.1. The molecule has 1 aliphatic rings. The molecule has 2 heterocycles. The van der Waals surface area contributed by atoms with Crippen molar-refractivity contribution in [2.45, 2.75) is 12.8 Å². The number of hydrogen-bond acceptors (Lipinski definition) is 5. The topological polar surface area (TPSA) is 82.2 Å². The van der Waals surface area contributed by atoms with Gasteiger partial charge in [-0.15, -0.1) is 10.2 Å². The SMILES string of the molecule is O=C(CCc1nnc(-c2cccc(Cl)c2)[nH]c1=O)N1CCN(c2ccc(F)cc2)CC1. The summed E-state index contributed by atoms with van der Waals surface area (Å²) in [6, 6.07) is 13.3. The van der Waals surface area contributed by atoms with E-state index < -0.39 is 0 Å². The maximum atomic E-state index is 13.1. The number of benzene rings is 2. The Morgan fingerprint density at radius 3 is 2.48 bits per heavy atom. The molecule has 0 spiro atoms. The van der Waals surface area contributed by atoms with Gasteiger partial charge in [-0.05, 0) is 36.4 Å². The van der Waals surface area contributed by atoms with Crippen LogP contribution in [-0.4, -0.2) is 52.2 Å². The predicted molar refractivity (Wildman–Crippen MR) is 117 cm³/mol. The molecule has 7 nitrogen and oxygen atoms in total. The number of nitrogens with zero attached hydrogens (tertiary/aromatic N) is 4. The molecule has 160 valence electrons. The van der Waals surface area contributed by atoms with Gasteiger partial charge in [-0.1, -0.05) is 23.7 Å². The lowest BCUT2D eigenvalue weighted by atomic mass is 10.2. The van der Waals surface area contributed by atoms with Crippen LogP contribution in [0.25, 0.3) is 11.4 Å². The van der Waals surface area contributed by atoms with Crippen molar-refractivity contribution in [1.82, 2.24) is 20.1 Å². The van der Waals surface area contributed by atoms with Crippen LogP contribution in [0, 0.1) is 5.82 Å². The van der Waals surface area contributed by atoms with Crippen molar-refractivity contribution in [3.8, 4) is 11.4 Å². The molecular formula is C22H21ClFN5O2. The van der Waals surface area contributed by atoms with Crippen molar-refractivity contribution in [2.75, 3.05) is 31.1 Å². The summed E-state index contributed by atoms with van der Waals surface area (Å²) in [6.07, 6.45) is 0.403. The Kier molecular flexibility index (Phi) is 6.27. The van der Waals surface area contributed by atoms with Gasteiger partial charge in [0.05, 0.1) is 0 Å². The molecule has 0 aliphatic carbocycles. The lowest BCUT2D eigenvalue weighted by Gasteiger charge is -2.36. The van der Waals surface area contributed by atoms with E-state index in [1.807, 2.05) is 0 Å². The molecule has 1 fully saturated rings. The lowest BCUT2D eigenvalue weighted by molar-refractivity contribution is -0.131. The fourth-order valence-electron chi connectivity index (χ4n) is 3.54. The Morgan fingerprint density at radius 2 is 1.81 bits per heavy atom. The zero-order chi connectivity index (χ0) is 21.8. The quantitative estimate of drug-likeness (QED) is 0.658. The van der Waals surface area contributed by atoms with Crippen molar-refractivity contribution in [3.63, 3.8) is 0 Å². The van der Waals surface area contributed by atoms with Crippen molar-refractivity contribution in [3.05, 3.63) is 75.4 Å². The third kappa shape index (κ3) is 5.08. The molecule has 0 unspecified atom stereocenters. The first-order chi connectivity index (χ1) is 15.0. The molecular weight excluding hydrogens is 421 g/mol. The van der Waals surface area contributed by atoms with Crippen LogP contribution in [0.15, 0.2) is 53.3 Å². The number of carbonyl (C=O) groups is 1. The largest absolute Gasteiger partial charge is 0.368 e.